The van der Waals surface area contributed by atoms with Crippen molar-refractivity contribution in [1.29, 1.82) is 0 Å². The number of aromatic nitrogens is 6. The standard InChI is InChI=1S/C13H11N7O2/c1-3-19-10-8(18(2)13(19)21)11-15-9(7-5-4-6-22-7)17-20(11)12(14)16-10/h3-6H,1H2,2H3,(H2,14,16). The van der Waals surface area contributed by atoms with Crippen LogP contribution >= 0.6 is 0 Å². The number of hydrogen-bond donors (Lipinski definition) is 1. The molecule has 0 unspecified atom stereocenters. The van der Waals surface area contributed by atoms with Crippen molar-refractivity contribution in [2.75, 3.05) is 5.73 Å². The SMILES string of the molecule is C=Cn1c(=O)n(C)c2c1nc(N)n1nc(-c3ccco3)nc21. The smallest absolute Gasteiger partial charge is 0.334 e. The Morgan fingerprint density at radius 2 is 2.18 bits per heavy atom. The summed E-state index contributed by atoms with van der Waals surface area (Å²) < 4.78 is 9.42. The summed E-state index contributed by atoms with van der Waals surface area (Å²) >= 11 is 0. The zero-order valence-electron chi connectivity index (χ0n) is 11.6. The molecule has 0 saturated carbocycles. The summed E-state index contributed by atoms with van der Waals surface area (Å²) in [6.45, 7) is 3.62. The summed E-state index contributed by atoms with van der Waals surface area (Å²) in [5, 5.41) is 4.28. The number of nitrogens with zero attached hydrogens (tertiary/aromatic N) is 6. The normalized spacial score (nSPS) is 11.5. The van der Waals surface area contributed by atoms with Crippen LogP contribution in [0.15, 0.2) is 34.2 Å². The molecule has 2 N–H and O–H groups in total. The van der Waals surface area contributed by atoms with Crippen LogP contribution in [0.1, 0.15) is 0 Å². The molecule has 0 bridgehead atoms. The van der Waals surface area contributed by atoms with E-state index in [1.54, 1.807) is 19.2 Å². The lowest BCUT2D eigenvalue weighted by atomic mass is 10.4. The number of nitrogen functional groups attached to an aromatic ring is 1. The lowest BCUT2D eigenvalue weighted by Gasteiger charge is -1.99. The number of rotatable bonds is 2. The molecule has 4 heterocycles. The van der Waals surface area contributed by atoms with Crippen molar-refractivity contribution in [2.24, 2.45) is 7.05 Å². The van der Waals surface area contributed by atoms with Crippen LogP contribution in [0, 0.1) is 0 Å². The zero-order valence-corrected chi connectivity index (χ0v) is 11.6. The van der Waals surface area contributed by atoms with E-state index in [0.717, 1.165) is 0 Å². The lowest BCUT2D eigenvalue weighted by Crippen LogP contribution is -2.18. The summed E-state index contributed by atoms with van der Waals surface area (Å²) in [5.74, 6) is 0.989. The van der Waals surface area contributed by atoms with Crippen molar-refractivity contribution in [3.05, 3.63) is 35.5 Å². The number of nitrogens with two attached hydrogens (primary N) is 1. The molecule has 9 heteroatoms. The van der Waals surface area contributed by atoms with Gasteiger partial charge < -0.3 is 10.2 Å². The molecule has 0 spiro atoms. The Labute approximate surface area is 122 Å². The Kier molecular flexibility index (Phi) is 2.29. The molecule has 0 fully saturated rings. The van der Waals surface area contributed by atoms with Crippen LogP contribution in [0.3, 0.4) is 0 Å². The van der Waals surface area contributed by atoms with E-state index in [1.165, 1.54) is 26.1 Å². The van der Waals surface area contributed by atoms with Gasteiger partial charge in [0.15, 0.2) is 17.1 Å². The van der Waals surface area contributed by atoms with Crippen LogP contribution in [-0.2, 0) is 7.05 Å². The predicted molar refractivity (Wildman–Crippen MR) is 80.0 cm³/mol. The first-order valence-electron chi connectivity index (χ1n) is 6.41. The van der Waals surface area contributed by atoms with Gasteiger partial charge in [0, 0.05) is 13.2 Å². The second-order valence-electron chi connectivity index (χ2n) is 4.68. The van der Waals surface area contributed by atoms with Crippen LogP contribution in [0.5, 0.6) is 0 Å². The van der Waals surface area contributed by atoms with Gasteiger partial charge >= 0.3 is 5.69 Å². The minimum absolute atomic E-state index is 0.119. The van der Waals surface area contributed by atoms with Gasteiger partial charge in [-0.2, -0.15) is 9.50 Å². The van der Waals surface area contributed by atoms with Gasteiger partial charge in [-0.1, -0.05) is 6.58 Å². The van der Waals surface area contributed by atoms with E-state index in [1.807, 2.05) is 0 Å². The van der Waals surface area contributed by atoms with E-state index in [-0.39, 0.29) is 11.6 Å². The molecule has 4 aromatic rings. The van der Waals surface area contributed by atoms with Gasteiger partial charge in [0.2, 0.25) is 11.8 Å². The monoisotopic (exact) mass is 297 g/mol. The van der Waals surface area contributed by atoms with E-state index in [0.29, 0.717) is 28.4 Å². The average Bonchev–Trinajstić information content (AvgIpc) is 3.19. The summed E-state index contributed by atoms with van der Waals surface area (Å²) in [6.07, 6.45) is 2.92. The van der Waals surface area contributed by atoms with Crippen molar-refractivity contribution in [1.82, 2.24) is 28.7 Å². The lowest BCUT2D eigenvalue weighted by molar-refractivity contribution is 0.577. The molecule has 0 atom stereocenters. The van der Waals surface area contributed by atoms with E-state index in [4.69, 9.17) is 10.2 Å². The molecule has 22 heavy (non-hydrogen) atoms. The highest BCUT2D eigenvalue weighted by atomic mass is 16.3. The first kappa shape index (κ1) is 12.4. The summed E-state index contributed by atoms with van der Waals surface area (Å²) in [6, 6.07) is 3.48. The molecule has 0 aliphatic carbocycles. The van der Waals surface area contributed by atoms with Gasteiger partial charge in [-0.3, -0.25) is 9.13 Å². The Morgan fingerprint density at radius 1 is 1.36 bits per heavy atom. The largest absolute Gasteiger partial charge is 0.461 e. The van der Waals surface area contributed by atoms with Crippen molar-refractivity contribution in [3.63, 3.8) is 0 Å². The zero-order chi connectivity index (χ0) is 15.4. The fourth-order valence-corrected chi connectivity index (χ4v) is 2.42. The number of furan rings is 1. The third kappa shape index (κ3) is 1.41. The van der Waals surface area contributed by atoms with E-state index < -0.39 is 0 Å². The first-order chi connectivity index (χ1) is 10.6. The Morgan fingerprint density at radius 3 is 2.86 bits per heavy atom. The molecule has 4 rings (SSSR count). The van der Waals surface area contributed by atoms with Crippen LogP contribution in [0.2, 0.25) is 0 Å². The summed E-state index contributed by atoms with van der Waals surface area (Å²) in [5.41, 5.74) is 6.97. The van der Waals surface area contributed by atoms with Crippen LogP contribution < -0.4 is 11.4 Å². The minimum atomic E-state index is -0.285. The number of hydrogen-bond acceptors (Lipinski definition) is 6. The molecule has 0 aliphatic heterocycles. The molecular weight excluding hydrogens is 286 g/mol. The minimum Gasteiger partial charge on any atom is -0.461 e. The maximum Gasteiger partial charge on any atom is 0.334 e. The van der Waals surface area contributed by atoms with Gasteiger partial charge in [0.1, 0.15) is 5.52 Å². The van der Waals surface area contributed by atoms with Gasteiger partial charge in [-0.05, 0) is 12.1 Å². The number of imidazole rings is 1. The third-order valence-corrected chi connectivity index (χ3v) is 3.45. The van der Waals surface area contributed by atoms with Gasteiger partial charge in [-0.15, -0.1) is 5.10 Å². The number of aryl methyl sites for hydroxylation is 1. The van der Waals surface area contributed by atoms with E-state index in [9.17, 15) is 4.79 Å². The Bertz CT molecular complexity index is 1080. The van der Waals surface area contributed by atoms with Crippen LogP contribution in [0.4, 0.5) is 5.95 Å². The maximum absolute atomic E-state index is 12.2. The highest BCUT2D eigenvalue weighted by Crippen LogP contribution is 2.22. The highest BCUT2D eigenvalue weighted by molar-refractivity contribution is 5.89. The van der Waals surface area contributed by atoms with Crippen molar-refractivity contribution in [2.45, 2.75) is 0 Å². The van der Waals surface area contributed by atoms with Crippen LogP contribution in [0.25, 0.3) is 34.6 Å². The molecule has 110 valence electrons. The number of anilines is 1. The molecule has 0 radical (unpaired) electrons. The van der Waals surface area contributed by atoms with Crippen LogP contribution in [-0.4, -0.2) is 28.7 Å². The Balaban J connectivity index is 2.20. The predicted octanol–water partition coefficient (Wildman–Crippen LogP) is 0.720. The highest BCUT2D eigenvalue weighted by Gasteiger charge is 2.20. The van der Waals surface area contributed by atoms with Crippen molar-refractivity contribution in [3.8, 4) is 11.6 Å². The van der Waals surface area contributed by atoms with Crippen molar-refractivity contribution >= 4 is 29.0 Å². The molecular formula is C13H11N7O2. The number of fused-ring (bicyclic) bond motifs is 3. The second kappa shape index (κ2) is 4.07. The molecule has 0 aliphatic rings. The molecule has 0 aromatic carbocycles. The quantitative estimate of drug-likeness (QED) is 0.584. The molecule has 0 amide bonds. The molecule has 9 nitrogen and oxygen atoms in total. The average molecular weight is 297 g/mol. The maximum atomic E-state index is 12.2. The molecule has 0 saturated heterocycles. The van der Waals surface area contributed by atoms with Crippen molar-refractivity contribution < 1.29 is 4.42 Å². The fourth-order valence-electron chi connectivity index (χ4n) is 2.42. The third-order valence-electron chi connectivity index (χ3n) is 3.45. The first-order valence-corrected chi connectivity index (χ1v) is 6.41. The van der Waals surface area contributed by atoms with E-state index >= 15 is 0 Å². The second-order valence-corrected chi connectivity index (χ2v) is 4.68. The Hall–Kier alpha value is -3.36. The summed E-state index contributed by atoms with van der Waals surface area (Å²) in [4.78, 5) is 20.9. The molecule has 4 aromatic heterocycles. The summed E-state index contributed by atoms with van der Waals surface area (Å²) in [7, 11) is 1.63. The van der Waals surface area contributed by atoms with E-state index in [2.05, 4.69) is 21.6 Å². The van der Waals surface area contributed by atoms with Gasteiger partial charge in [0.05, 0.1) is 6.26 Å². The van der Waals surface area contributed by atoms with Gasteiger partial charge in [0.25, 0.3) is 0 Å². The topological polar surface area (TPSA) is 109 Å². The fraction of sp³-hybridized carbons (Fsp3) is 0.0769. The van der Waals surface area contributed by atoms with Gasteiger partial charge in [-0.25, -0.2) is 9.78 Å².